The van der Waals surface area contributed by atoms with Crippen LogP contribution in [0.1, 0.15) is 6.92 Å². The van der Waals surface area contributed by atoms with E-state index in [0.717, 1.165) is 6.07 Å². The molecule has 2 N–H and O–H groups in total. The molecule has 0 radical (unpaired) electrons. The molecule has 0 aliphatic heterocycles. The van der Waals surface area contributed by atoms with Crippen LogP contribution in [0.15, 0.2) is 23.1 Å². The number of nitro groups is 1. The van der Waals surface area contributed by atoms with Crippen LogP contribution >= 0.6 is 0 Å². The second-order valence-corrected chi connectivity index (χ2v) is 7.46. The van der Waals surface area contributed by atoms with E-state index >= 15 is 0 Å². The highest BCUT2D eigenvalue weighted by molar-refractivity contribution is 7.89. The van der Waals surface area contributed by atoms with Gasteiger partial charge in [-0.3, -0.25) is 14.3 Å². The van der Waals surface area contributed by atoms with E-state index in [9.17, 15) is 22.7 Å². The van der Waals surface area contributed by atoms with Gasteiger partial charge in [-0.1, -0.05) is 0 Å². The lowest BCUT2D eigenvalue weighted by molar-refractivity contribution is -0.384. The lowest BCUT2D eigenvalue weighted by atomic mass is 10.2. The Labute approximate surface area is 125 Å². The van der Waals surface area contributed by atoms with Crippen LogP contribution in [0.5, 0.6) is 0 Å². The Morgan fingerprint density at radius 3 is 2.57 bits per heavy atom. The largest absolute Gasteiger partial charge is 0.380 e. The van der Waals surface area contributed by atoms with Gasteiger partial charge in [0.05, 0.1) is 9.82 Å². The number of sulfonamides is 1. The highest BCUT2D eigenvalue weighted by Crippen LogP contribution is 2.27. The molecule has 0 aliphatic rings. The molecule has 1 rings (SSSR count). The summed E-state index contributed by atoms with van der Waals surface area (Å²) >= 11 is 0. The second-order valence-electron chi connectivity index (χ2n) is 4.14. The highest BCUT2D eigenvalue weighted by atomic mass is 32.2. The summed E-state index contributed by atoms with van der Waals surface area (Å²) in [7, 11) is -4.89. The summed E-state index contributed by atoms with van der Waals surface area (Å²) in [5.41, 5.74) is -0.0464. The van der Waals surface area contributed by atoms with Crippen molar-refractivity contribution >= 4 is 32.2 Å². The number of nitro benzene ring substituents is 1. The number of hydrogen-bond acceptors (Lipinski definition) is 6. The zero-order valence-corrected chi connectivity index (χ0v) is 13.3. The molecule has 0 saturated heterocycles. The number of anilines is 1. The first-order chi connectivity index (χ1) is 9.77. The van der Waals surface area contributed by atoms with E-state index in [1.165, 1.54) is 18.4 Å². The normalized spacial score (nSPS) is 12.9. The first kappa shape index (κ1) is 17.5. The maximum absolute atomic E-state index is 12.0. The van der Waals surface area contributed by atoms with Crippen LogP contribution in [-0.2, 0) is 20.8 Å². The fourth-order valence-corrected chi connectivity index (χ4v) is 3.15. The van der Waals surface area contributed by atoms with E-state index in [4.69, 9.17) is 0 Å². The number of rotatable bonds is 8. The summed E-state index contributed by atoms with van der Waals surface area (Å²) in [6, 6.07) is 3.53. The van der Waals surface area contributed by atoms with Crippen LogP contribution < -0.4 is 10.0 Å². The zero-order chi connectivity index (χ0) is 16.0. The summed E-state index contributed by atoms with van der Waals surface area (Å²) < 4.78 is 37.3. The van der Waals surface area contributed by atoms with E-state index < -0.39 is 25.7 Å². The Hall–Kier alpha value is -1.52. The Morgan fingerprint density at radius 1 is 1.38 bits per heavy atom. The third-order valence-electron chi connectivity index (χ3n) is 2.52. The predicted octanol–water partition coefficient (Wildman–Crippen LogP) is 0.683. The lowest BCUT2D eigenvalue weighted by Crippen LogP contribution is -2.27. The third kappa shape index (κ3) is 5.06. The molecule has 8 nitrogen and oxygen atoms in total. The molecule has 1 aromatic carbocycles. The Bertz CT molecular complexity index is 645. The van der Waals surface area contributed by atoms with Crippen LogP contribution in [0.4, 0.5) is 11.4 Å². The van der Waals surface area contributed by atoms with Gasteiger partial charge in [-0.15, -0.1) is 0 Å². The molecule has 1 atom stereocenters. The molecule has 118 valence electrons. The van der Waals surface area contributed by atoms with Crippen molar-refractivity contribution < 1.29 is 17.6 Å². The number of hydrogen-bond donors (Lipinski definition) is 2. The van der Waals surface area contributed by atoms with Crippen LogP contribution in [0.3, 0.4) is 0 Å². The summed E-state index contributed by atoms with van der Waals surface area (Å²) in [4.78, 5) is 10.2. The van der Waals surface area contributed by atoms with Gasteiger partial charge in [0.15, 0.2) is 0 Å². The molecule has 0 heterocycles. The monoisotopic (exact) mass is 335 g/mol. The molecule has 21 heavy (non-hydrogen) atoms. The molecule has 0 aliphatic carbocycles. The number of benzene rings is 1. The van der Waals surface area contributed by atoms with Gasteiger partial charge < -0.3 is 5.32 Å². The summed E-state index contributed by atoms with van der Waals surface area (Å²) in [5, 5.41) is 13.6. The quantitative estimate of drug-likeness (QED) is 0.533. The molecule has 0 amide bonds. The van der Waals surface area contributed by atoms with E-state index in [1.807, 2.05) is 0 Å². The molecule has 0 saturated carbocycles. The van der Waals surface area contributed by atoms with Crippen molar-refractivity contribution in [3.63, 3.8) is 0 Å². The van der Waals surface area contributed by atoms with Gasteiger partial charge in [0.1, 0.15) is 5.69 Å². The van der Waals surface area contributed by atoms with E-state index in [1.54, 1.807) is 6.92 Å². The fraction of sp³-hybridized carbons (Fsp3) is 0.455. The van der Waals surface area contributed by atoms with Gasteiger partial charge in [-0.2, -0.15) is 0 Å². The minimum absolute atomic E-state index is 0.0406. The van der Waals surface area contributed by atoms with Crippen LogP contribution in [0.2, 0.25) is 0 Å². The molecule has 0 fully saturated rings. The van der Waals surface area contributed by atoms with Crippen molar-refractivity contribution in [1.29, 1.82) is 0 Å². The van der Waals surface area contributed by atoms with Crippen LogP contribution in [0, 0.1) is 10.1 Å². The Morgan fingerprint density at radius 2 is 2.05 bits per heavy atom. The molecule has 0 spiro atoms. The minimum atomic E-state index is -3.79. The Kier molecular flexibility index (Phi) is 6.24. The molecular weight excluding hydrogens is 318 g/mol. The number of nitrogens with one attached hydrogen (secondary N) is 2. The van der Waals surface area contributed by atoms with Gasteiger partial charge in [-0.25, -0.2) is 13.1 Å². The lowest BCUT2D eigenvalue weighted by Gasteiger charge is -2.09. The topological polar surface area (TPSA) is 118 Å². The predicted molar refractivity (Wildman–Crippen MR) is 81.4 cm³/mol. The molecule has 10 heteroatoms. The van der Waals surface area contributed by atoms with Gasteiger partial charge in [0.25, 0.3) is 5.69 Å². The minimum Gasteiger partial charge on any atom is -0.380 e. The summed E-state index contributed by atoms with van der Waals surface area (Å²) in [6.45, 7) is 2.21. The van der Waals surface area contributed by atoms with Crippen molar-refractivity contribution in [2.24, 2.45) is 0 Å². The van der Waals surface area contributed by atoms with Crippen molar-refractivity contribution in [2.75, 3.05) is 30.4 Å². The average Bonchev–Trinajstić information content (AvgIpc) is 2.38. The Balaban J connectivity index is 3.04. The van der Waals surface area contributed by atoms with Gasteiger partial charge in [0, 0.05) is 42.0 Å². The van der Waals surface area contributed by atoms with Crippen molar-refractivity contribution in [1.82, 2.24) is 4.72 Å². The van der Waals surface area contributed by atoms with E-state index in [0.29, 0.717) is 6.54 Å². The maximum Gasteiger partial charge on any atom is 0.292 e. The molecule has 1 unspecified atom stereocenters. The van der Waals surface area contributed by atoms with Crippen LogP contribution in [0.25, 0.3) is 0 Å². The zero-order valence-electron chi connectivity index (χ0n) is 11.7. The van der Waals surface area contributed by atoms with E-state index in [-0.39, 0.29) is 28.6 Å². The number of nitrogens with zero attached hydrogens (tertiary/aromatic N) is 1. The van der Waals surface area contributed by atoms with Crippen molar-refractivity contribution in [2.45, 2.75) is 11.8 Å². The van der Waals surface area contributed by atoms with Gasteiger partial charge in [-0.05, 0) is 19.1 Å². The first-order valence-electron chi connectivity index (χ1n) is 6.10. The molecular formula is C11H17N3O5S2. The standard InChI is InChI=1S/C11H17N3O5S2/c1-3-12-10-8-9(4-5-11(10)14(15)16)21(18,19)13-6-7-20(2)17/h4-5,8,12-13H,3,6-7H2,1-2H3. The fourth-order valence-electron chi connectivity index (χ4n) is 1.58. The second kappa shape index (κ2) is 7.48. The summed E-state index contributed by atoms with van der Waals surface area (Å²) in [5.74, 6) is 0.201. The van der Waals surface area contributed by atoms with Crippen LogP contribution in [-0.4, -0.2) is 42.6 Å². The SMILES string of the molecule is CCNc1cc(S(=O)(=O)NCCS(C)=O)ccc1[N+](=O)[O-]. The van der Waals surface area contributed by atoms with E-state index in [2.05, 4.69) is 10.0 Å². The third-order valence-corrected chi connectivity index (χ3v) is 4.76. The maximum atomic E-state index is 12.0. The molecule has 0 aromatic heterocycles. The highest BCUT2D eigenvalue weighted by Gasteiger charge is 2.20. The molecule has 1 aromatic rings. The van der Waals surface area contributed by atoms with Gasteiger partial charge in [0.2, 0.25) is 10.0 Å². The average molecular weight is 335 g/mol. The summed E-state index contributed by atoms with van der Waals surface area (Å²) in [6.07, 6.45) is 1.48. The van der Waals surface area contributed by atoms with Gasteiger partial charge >= 0.3 is 0 Å². The molecule has 0 bridgehead atoms. The first-order valence-corrected chi connectivity index (χ1v) is 9.31. The smallest absolute Gasteiger partial charge is 0.292 e. The van der Waals surface area contributed by atoms with Crippen molar-refractivity contribution in [3.05, 3.63) is 28.3 Å². The van der Waals surface area contributed by atoms with Crippen molar-refractivity contribution in [3.8, 4) is 0 Å².